The second-order valence-electron chi connectivity index (χ2n) is 5.81. The van der Waals surface area contributed by atoms with Crippen molar-refractivity contribution in [1.82, 2.24) is 4.90 Å². The van der Waals surface area contributed by atoms with E-state index in [0.29, 0.717) is 12.1 Å². The maximum Gasteiger partial charge on any atom is 0.237 e. The number of nitrogens with two attached hydrogens (primary N) is 2. The highest BCUT2D eigenvalue weighted by molar-refractivity contribution is 5.83. The number of nitrogens with zero attached hydrogens (tertiary/aromatic N) is 2. The number of carbonyl (C=O) groups is 1. The lowest BCUT2D eigenvalue weighted by atomic mass is 9.98. The molecule has 0 saturated carbocycles. The highest BCUT2D eigenvalue weighted by atomic mass is 19.1. The Balaban J connectivity index is 1.84. The predicted octanol–water partition coefficient (Wildman–Crippen LogP) is 0.540. The average molecular weight is 294 g/mol. The summed E-state index contributed by atoms with van der Waals surface area (Å²) in [4.78, 5) is 15.5. The van der Waals surface area contributed by atoms with Gasteiger partial charge < -0.3 is 16.4 Å². The van der Waals surface area contributed by atoms with Crippen molar-refractivity contribution in [3.8, 4) is 0 Å². The van der Waals surface area contributed by atoms with E-state index in [1.54, 1.807) is 19.1 Å². The van der Waals surface area contributed by atoms with Crippen LogP contribution < -0.4 is 16.4 Å². The molecule has 21 heavy (non-hydrogen) atoms. The van der Waals surface area contributed by atoms with Gasteiger partial charge in [0.15, 0.2) is 0 Å². The molecule has 1 aliphatic rings. The van der Waals surface area contributed by atoms with Crippen LogP contribution in [0.25, 0.3) is 0 Å². The van der Waals surface area contributed by atoms with Crippen molar-refractivity contribution in [3.63, 3.8) is 0 Å². The summed E-state index contributed by atoms with van der Waals surface area (Å²) in [6.07, 6.45) is 0.530. The number of primary amides is 1. The number of halogens is 1. The van der Waals surface area contributed by atoms with E-state index in [9.17, 15) is 9.18 Å². The minimum Gasteiger partial charge on any atom is -0.368 e. The number of anilines is 1. The van der Waals surface area contributed by atoms with E-state index in [2.05, 4.69) is 4.90 Å². The average Bonchev–Trinajstić information content (AvgIpc) is 2.46. The van der Waals surface area contributed by atoms with Crippen LogP contribution in [-0.2, 0) is 4.79 Å². The Morgan fingerprint density at radius 3 is 2.48 bits per heavy atom. The van der Waals surface area contributed by atoms with Crippen molar-refractivity contribution in [3.05, 3.63) is 30.1 Å². The normalized spacial score (nSPS) is 19.3. The molecule has 1 amide bonds. The summed E-state index contributed by atoms with van der Waals surface area (Å²) in [5, 5.41) is 0. The summed E-state index contributed by atoms with van der Waals surface area (Å²) in [5.74, 6) is -0.665. The molecule has 1 fully saturated rings. The number of hydrogen-bond acceptors (Lipinski definition) is 4. The molecule has 1 saturated heterocycles. The molecule has 1 aromatic rings. The second kappa shape index (κ2) is 6.41. The number of piperazine rings is 1. The summed E-state index contributed by atoms with van der Waals surface area (Å²) in [7, 11) is 0. The largest absolute Gasteiger partial charge is 0.368 e. The number of carbonyl (C=O) groups excluding carboxylic acids is 1. The molecule has 0 aromatic heterocycles. The van der Waals surface area contributed by atoms with Gasteiger partial charge in [-0.2, -0.15) is 0 Å². The van der Waals surface area contributed by atoms with Crippen molar-refractivity contribution in [2.45, 2.75) is 18.9 Å². The molecule has 0 radical (unpaired) electrons. The Morgan fingerprint density at radius 2 is 1.90 bits per heavy atom. The van der Waals surface area contributed by atoms with Gasteiger partial charge in [0.25, 0.3) is 0 Å². The zero-order valence-corrected chi connectivity index (χ0v) is 12.4. The lowest BCUT2D eigenvalue weighted by Crippen LogP contribution is -2.53. The zero-order valence-electron chi connectivity index (χ0n) is 12.4. The Hall–Kier alpha value is -1.66. The van der Waals surface area contributed by atoms with Gasteiger partial charge in [-0.15, -0.1) is 0 Å². The fraction of sp³-hybridized carbons (Fsp3) is 0.533. The van der Waals surface area contributed by atoms with Gasteiger partial charge in [-0.1, -0.05) is 12.1 Å². The highest BCUT2D eigenvalue weighted by Crippen LogP contribution is 2.20. The summed E-state index contributed by atoms with van der Waals surface area (Å²) < 4.78 is 13.7. The maximum atomic E-state index is 13.7. The third kappa shape index (κ3) is 3.92. The van der Waals surface area contributed by atoms with Crippen LogP contribution in [0.2, 0.25) is 0 Å². The lowest BCUT2D eigenvalue weighted by Gasteiger charge is -2.37. The Labute approximate surface area is 124 Å². The lowest BCUT2D eigenvalue weighted by molar-refractivity contribution is -0.122. The number of hydrogen-bond donors (Lipinski definition) is 2. The number of benzene rings is 1. The van der Waals surface area contributed by atoms with Crippen LogP contribution in [-0.4, -0.2) is 49.1 Å². The standard InChI is InChI=1S/C15H23FN4O/c1-15(18,14(17)21)6-7-19-8-10-20(11-9-19)13-5-3-2-4-12(13)16/h2-5H,6-11,18H2,1H3,(H2,17,21). The van der Waals surface area contributed by atoms with E-state index in [1.807, 2.05) is 11.0 Å². The Morgan fingerprint density at radius 1 is 1.29 bits per heavy atom. The molecule has 5 nitrogen and oxygen atoms in total. The third-order valence-electron chi connectivity index (χ3n) is 4.08. The van der Waals surface area contributed by atoms with Crippen LogP contribution in [0, 0.1) is 5.82 Å². The summed E-state index contributed by atoms with van der Waals surface area (Å²) in [5.41, 5.74) is 10.8. The summed E-state index contributed by atoms with van der Waals surface area (Å²) in [6.45, 7) is 5.55. The van der Waals surface area contributed by atoms with Crippen LogP contribution in [0.3, 0.4) is 0 Å². The minimum absolute atomic E-state index is 0.186. The van der Waals surface area contributed by atoms with E-state index in [4.69, 9.17) is 11.5 Å². The quantitative estimate of drug-likeness (QED) is 0.831. The van der Waals surface area contributed by atoms with Crippen LogP contribution in [0.1, 0.15) is 13.3 Å². The Kier molecular flexibility index (Phi) is 4.80. The van der Waals surface area contributed by atoms with E-state index >= 15 is 0 Å². The van der Waals surface area contributed by atoms with E-state index in [0.717, 1.165) is 32.7 Å². The van der Waals surface area contributed by atoms with Crippen molar-refractivity contribution in [1.29, 1.82) is 0 Å². The van der Waals surface area contributed by atoms with Gasteiger partial charge in [0.05, 0.1) is 11.2 Å². The minimum atomic E-state index is -0.970. The smallest absolute Gasteiger partial charge is 0.237 e. The first-order valence-electron chi connectivity index (χ1n) is 7.21. The fourth-order valence-electron chi connectivity index (χ4n) is 2.43. The first-order chi connectivity index (χ1) is 9.90. The molecule has 1 heterocycles. The van der Waals surface area contributed by atoms with Crippen LogP contribution >= 0.6 is 0 Å². The molecule has 4 N–H and O–H groups in total. The molecule has 0 aliphatic carbocycles. The molecule has 2 rings (SSSR count). The van der Waals surface area contributed by atoms with E-state index in [-0.39, 0.29) is 5.82 Å². The highest BCUT2D eigenvalue weighted by Gasteiger charge is 2.27. The van der Waals surface area contributed by atoms with E-state index in [1.165, 1.54) is 6.07 Å². The van der Waals surface area contributed by atoms with Gasteiger partial charge in [-0.05, 0) is 25.5 Å². The SMILES string of the molecule is CC(N)(CCN1CCN(c2ccccc2F)CC1)C(N)=O. The molecule has 1 atom stereocenters. The van der Waals surface area contributed by atoms with Crippen LogP contribution in [0.5, 0.6) is 0 Å². The maximum absolute atomic E-state index is 13.7. The second-order valence-corrected chi connectivity index (χ2v) is 5.81. The molecule has 1 aliphatic heterocycles. The Bertz CT molecular complexity index is 498. The third-order valence-corrected chi connectivity index (χ3v) is 4.08. The number of amides is 1. The van der Waals surface area contributed by atoms with Crippen molar-refractivity contribution >= 4 is 11.6 Å². The first-order valence-corrected chi connectivity index (χ1v) is 7.21. The number of para-hydroxylation sites is 1. The van der Waals surface area contributed by atoms with Crippen LogP contribution in [0.15, 0.2) is 24.3 Å². The van der Waals surface area contributed by atoms with Gasteiger partial charge in [0.2, 0.25) is 5.91 Å². The summed E-state index contributed by atoms with van der Waals surface area (Å²) >= 11 is 0. The van der Waals surface area contributed by atoms with Crippen LogP contribution in [0.4, 0.5) is 10.1 Å². The topological polar surface area (TPSA) is 75.6 Å². The van der Waals surface area contributed by atoms with Crippen molar-refractivity contribution in [2.75, 3.05) is 37.6 Å². The van der Waals surface area contributed by atoms with Gasteiger partial charge in [0, 0.05) is 32.7 Å². The first kappa shape index (κ1) is 15.7. The molecule has 116 valence electrons. The van der Waals surface area contributed by atoms with Gasteiger partial charge in [-0.3, -0.25) is 9.69 Å². The molecule has 0 spiro atoms. The van der Waals surface area contributed by atoms with E-state index < -0.39 is 11.4 Å². The predicted molar refractivity (Wildman–Crippen MR) is 81.5 cm³/mol. The fourth-order valence-corrected chi connectivity index (χ4v) is 2.43. The van der Waals surface area contributed by atoms with Crippen molar-refractivity contribution < 1.29 is 9.18 Å². The molecule has 1 unspecified atom stereocenters. The van der Waals surface area contributed by atoms with Gasteiger partial charge >= 0.3 is 0 Å². The molecular weight excluding hydrogens is 271 g/mol. The van der Waals surface area contributed by atoms with Gasteiger partial charge in [0.1, 0.15) is 5.82 Å². The van der Waals surface area contributed by atoms with Gasteiger partial charge in [-0.25, -0.2) is 4.39 Å². The monoisotopic (exact) mass is 294 g/mol. The molecule has 0 bridgehead atoms. The molecule has 6 heteroatoms. The summed E-state index contributed by atoms with van der Waals surface area (Å²) in [6, 6.07) is 6.82. The molecule has 1 aromatic carbocycles. The molecular formula is C15H23FN4O. The van der Waals surface area contributed by atoms with Crippen molar-refractivity contribution in [2.24, 2.45) is 11.5 Å². The number of rotatable bonds is 5. The zero-order chi connectivity index (χ0) is 15.5.